The van der Waals surface area contributed by atoms with Crippen molar-refractivity contribution in [3.05, 3.63) is 58.1 Å². The Hall–Kier alpha value is -2.78. The number of ether oxygens (including phenoxy) is 2. The molecule has 6 heteroatoms. The Morgan fingerprint density at radius 2 is 1.96 bits per heavy atom. The highest BCUT2D eigenvalue weighted by Gasteiger charge is 2.12. The number of para-hydroxylation sites is 1. The summed E-state index contributed by atoms with van der Waals surface area (Å²) in [6, 6.07) is 14.4. The number of carbonyl (C=O) groups is 1. The molecule has 0 aromatic heterocycles. The van der Waals surface area contributed by atoms with Crippen LogP contribution in [0.1, 0.15) is 19.4 Å². The van der Waals surface area contributed by atoms with Crippen molar-refractivity contribution in [3.63, 3.8) is 0 Å². The summed E-state index contributed by atoms with van der Waals surface area (Å²) in [5, 5.41) is 12.1. The molecular formula is C20H19BrN2O3. The molecular weight excluding hydrogens is 396 g/mol. The lowest BCUT2D eigenvalue weighted by Crippen LogP contribution is -2.13. The van der Waals surface area contributed by atoms with E-state index in [2.05, 4.69) is 21.2 Å². The van der Waals surface area contributed by atoms with Crippen LogP contribution >= 0.6 is 15.9 Å². The van der Waals surface area contributed by atoms with Gasteiger partial charge in [-0.2, -0.15) is 5.26 Å². The molecule has 1 amide bonds. The smallest absolute Gasteiger partial charge is 0.266 e. The zero-order valence-electron chi connectivity index (χ0n) is 14.7. The minimum Gasteiger partial charge on any atom is -0.493 e. The van der Waals surface area contributed by atoms with Crippen LogP contribution in [0, 0.1) is 11.3 Å². The number of anilines is 1. The Bertz CT molecular complexity index is 870. The molecule has 2 rings (SSSR count). The fraction of sp³-hybridized carbons (Fsp3) is 0.200. The Labute approximate surface area is 161 Å². The van der Waals surface area contributed by atoms with Crippen LogP contribution in [-0.2, 0) is 4.79 Å². The molecule has 0 atom stereocenters. The highest BCUT2D eigenvalue weighted by atomic mass is 79.9. The molecule has 2 aromatic carbocycles. The summed E-state index contributed by atoms with van der Waals surface area (Å²) in [5.74, 6) is 0.660. The SMILES string of the molecule is COc1cc(/C=C(/C#N)C(=O)Nc2ccccc2Br)ccc1OC(C)C. The van der Waals surface area contributed by atoms with Crippen LogP contribution in [0.15, 0.2) is 52.5 Å². The van der Waals surface area contributed by atoms with Gasteiger partial charge in [0.05, 0.1) is 18.9 Å². The molecule has 5 nitrogen and oxygen atoms in total. The minimum atomic E-state index is -0.485. The molecule has 0 radical (unpaired) electrons. The van der Waals surface area contributed by atoms with Crippen LogP contribution in [0.5, 0.6) is 11.5 Å². The summed E-state index contributed by atoms with van der Waals surface area (Å²) in [6.45, 7) is 3.85. The van der Waals surface area contributed by atoms with Gasteiger partial charge in [0.25, 0.3) is 5.91 Å². The maximum atomic E-state index is 12.4. The van der Waals surface area contributed by atoms with Gasteiger partial charge in [0.15, 0.2) is 11.5 Å². The van der Waals surface area contributed by atoms with Crippen LogP contribution in [-0.4, -0.2) is 19.1 Å². The molecule has 1 N–H and O–H groups in total. The first kappa shape index (κ1) is 19.5. The number of rotatable bonds is 6. The van der Waals surface area contributed by atoms with E-state index in [0.29, 0.717) is 22.7 Å². The van der Waals surface area contributed by atoms with Gasteiger partial charge in [0.1, 0.15) is 11.6 Å². The molecule has 26 heavy (non-hydrogen) atoms. The van der Waals surface area contributed by atoms with Crippen molar-refractivity contribution in [2.24, 2.45) is 0 Å². The fourth-order valence-corrected chi connectivity index (χ4v) is 2.58. The van der Waals surface area contributed by atoms with Gasteiger partial charge in [-0.15, -0.1) is 0 Å². The fourth-order valence-electron chi connectivity index (χ4n) is 2.19. The number of nitriles is 1. The van der Waals surface area contributed by atoms with E-state index in [4.69, 9.17) is 9.47 Å². The molecule has 0 spiro atoms. The van der Waals surface area contributed by atoms with Crippen molar-refractivity contribution in [2.75, 3.05) is 12.4 Å². The van der Waals surface area contributed by atoms with Gasteiger partial charge >= 0.3 is 0 Å². The highest BCUT2D eigenvalue weighted by molar-refractivity contribution is 9.10. The van der Waals surface area contributed by atoms with Crippen molar-refractivity contribution in [2.45, 2.75) is 20.0 Å². The molecule has 0 saturated heterocycles. The monoisotopic (exact) mass is 414 g/mol. The van der Waals surface area contributed by atoms with Crippen LogP contribution in [0.4, 0.5) is 5.69 Å². The third kappa shape index (κ3) is 5.11. The summed E-state index contributed by atoms with van der Waals surface area (Å²) < 4.78 is 11.7. The Morgan fingerprint density at radius 1 is 1.23 bits per heavy atom. The first-order valence-electron chi connectivity index (χ1n) is 7.97. The van der Waals surface area contributed by atoms with Crippen LogP contribution in [0.2, 0.25) is 0 Å². The molecule has 0 saturated carbocycles. The maximum Gasteiger partial charge on any atom is 0.266 e. The number of carbonyl (C=O) groups excluding carboxylic acids is 1. The summed E-state index contributed by atoms with van der Waals surface area (Å²) in [7, 11) is 1.54. The Kier molecular flexibility index (Phi) is 6.81. The number of halogens is 1. The molecule has 0 aliphatic heterocycles. The van der Waals surface area contributed by atoms with Gasteiger partial charge in [-0.3, -0.25) is 4.79 Å². The zero-order valence-corrected chi connectivity index (χ0v) is 16.3. The van der Waals surface area contributed by atoms with Crippen LogP contribution in [0.25, 0.3) is 6.08 Å². The van der Waals surface area contributed by atoms with E-state index in [1.807, 2.05) is 32.0 Å². The zero-order chi connectivity index (χ0) is 19.1. The van der Waals surface area contributed by atoms with Gasteiger partial charge in [-0.05, 0) is 65.7 Å². The average molecular weight is 415 g/mol. The van der Waals surface area contributed by atoms with Gasteiger partial charge in [0.2, 0.25) is 0 Å². The lowest BCUT2D eigenvalue weighted by molar-refractivity contribution is -0.112. The second-order valence-electron chi connectivity index (χ2n) is 5.68. The average Bonchev–Trinajstić information content (AvgIpc) is 2.62. The van der Waals surface area contributed by atoms with E-state index < -0.39 is 5.91 Å². The largest absolute Gasteiger partial charge is 0.493 e. The first-order valence-corrected chi connectivity index (χ1v) is 8.76. The second kappa shape index (κ2) is 9.07. The van der Waals surface area contributed by atoms with Crippen molar-refractivity contribution in [1.82, 2.24) is 0 Å². The molecule has 134 valence electrons. The summed E-state index contributed by atoms with van der Waals surface area (Å²) >= 11 is 3.36. The Morgan fingerprint density at radius 3 is 2.58 bits per heavy atom. The predicted octanol–water partition coefficient (Wildman–Crippen LogP) is 4.79. The number of methoxy groups -OCH3 is 1. The highest BCUT2D eigenvalue weighted by Crippen LogP contribution is 2.30. The van der Waals surface area contributed by atoms with Crippen molar-refractivity contribution < 1.29 is 14.3 Å². The maximum absolute atomic E-state index is 12.4. The van der Waals surface area contributed by atoms with Crippen LogP contribution < -0.4 is 14.8 Å². The van der Waals surface area contributed by atoms with Gasteiger partial charge < -0.3 is 14.8 Å². The minimum absolute atomic E-state index is 0.00931. The molecule has 0 aliphatic carbocycles. The number of amides is 1. The normalized spacial score (nSPS) is 11.0. The predicted molar refractivity (Wildman–Crippen MR) is 105 cm³/mol. The summed E-state index contributed by atoms with van der Waals surface area (Å²) in [5.41, 5.74) is 1.24. The number of hydrogen-bond donors (Lipinski definition) is 1. The van der Waals surface area contributed by atoms with Crippen molar-refractivity contribution >= 4 is 33.6 Å². The lowest BCUT2D eigenvalue weighted by atomic mass is 10.1. The summed E-state index contributed by atoms with van der Waals surface area (Å²) in [6.07, 6.45) is 1.52. The van der Waals surface area contributed by atoms with Crippen molar-refractivity contribution in [1.29, 1.82) is 5.26 Å². The standard InChI is InChI=1S/C20H19BrN2O3/c1-13(2)26-18-9-8-14(11-19(18)25-3)10-15(12-22)20(24)23-17-7-5-4-6-16(17)21/h4-11,13H,1-3H3,(H,23,24)/b15-10-. The number of nitrogens with one attached hydrogen (secondary N) is 1. The van der Waals surface area contributed by atoms with Gasteiger partial charge in [0, 0.05) is 4.47 Å². The first-order chi connectivity index (χ1) is 12.4. The molecule has 0 unspecified atom stereocenters. The van der Waals surface area contributed by atoms with E-state index in [9.17, 15) is 10.1 Å². The third-order valence-corrected chi connectivity index (χ3v) is 4.04. The number of nitrogens with zero attached hydrogens (tertiary/aromatic N) is 1. The van der Waals surface area contributed by atoms with E-state index in [1.165, 1.54) is 6.08 Å². The van der Waals surface area contributed by atoms with E-state index >= 15 is 0 Å². The Balaban J connectivity index is 2.26. The summed E-state index contributed by atoms with van der Waals surface area (Å²) in [4.78, 5) is 12.4. The topological polar surface area (TPSA) is 71.3 Å². The third-order valence-electron chi connectivity index (χ3n) is 3.35. The lowest BCUT2D eigenvalue weighted by Gasteiger charge is -2.14. The van der Waals surface area contributed by atoms with Crippen molar-refractivity contribution in [3.8, 4) is 17.6 Å². The van der Waals surface area contributed by atoms with E-state index in [0.717, 1.165) is 4.47 Å². The molecule has 0 bridgehead atoms. The second-order valence-corrected chi connectivity index (χ2v) is 6.54. The van der Waals surface area contributed by atoms with E-state index in [-0.39, 0.29) is 11.7 Å². The quantitative estimate of drug-likeness (QED) is 0.544. The van der Waals surface area contributed by atoms with Gasteiger partial charge in [-0.25, -0.2) is 0 Å². The number of benzene rings is 2. The molecule has 0 heterocycles. The molecule has 0 aliphatic rings. The van der Waals surface area contributed by atoms with E-state index in [1.54, 1.807) is 37.4 Å². The molecule has 0 fully saturated rings. The molecule has 2 aromatic rings. The van der Waals surface area contributed by atoms with Gasteiger partial charge in [-0.1, -0.05) is 18.2 Å². The van der Waals surface area contributed by atoms with Crippen LogP contribution in [0.3, 0.4) is 0 Å². The number of hydrogen-bond acceptors (Lipinski definition) is 4.